The number of hydrogen-bond acceptors (Lipinski definition) is 6. The SMILES string of the molecule is CC/C=C\C/C=C\C/C=C\C/C=C\C/C=C\C/C=C\CCCCCCCCCCCCC(=O)OCC(COC(=O)CCCCCCCCCCC)OC(=O)C/C=C\C/C=C\C/C=C\C/C=C\C/C=C\CC. The van der Waals surface area contributed by atoms with Gasteiger partial charge in [0.2, 0.25) is 0 Å². The van der Waals surface area contributed by atoms with Gasteiger partial charge in [0.15, 0.2) is 6.10 Å². The first-order valence-corrected chi connectivity index (χ1v) is 28.7. The molecule has 0 radical (unpaired) electrons. The third-order valence-corrected chi connectivity index (χ3v) is 11.7. The van der Waals surface area contributed by atoms with Crippen LogP contribution in [-0.4, -0.2) is 37.2 Å². The van der Waals surface area contributed by atoms with Crippen LogP contribution < -0.4 is 0 Å². The molecule has 1 unspecified atom stereocenters. The van der Waals surface area contributed by atoms with Crippen molar-refractivity contribution >= 4 is 17.9 Å². The van der Waals surface area contributed by atoms with Crippen LogP contribution in [0.1, 0.15) is 239 Å². The van der Waals surface area contributed by atoms with E-state index in [2.05, 4.69) is 142 Å². The van der Waals surface area contributed by atoms with Crippen LogP contribution in [0.25, 0.3) is 0 Å². The van der Waals surface area contributed by atoms with Gasteiger partial charge in [-0.3, -0.25) is 14.4 Å². The van der Waals surface area contributed by atoms with Crippen molar-refractivity contribution in [2.45, 2.75) is 245 Å². The first-order chi connectivity index (χ1) is 35.0. The van der Waals surface area contributed by atoms with Crippen molar-refractivity contribution in [3.8, 4) is 0 Å². The minimum absolute atomic E-state index is 0.0927. The molecule has 71 heavy (non-hydrogen) atoms. The van der Waals surface area contributed by atoms with Crippen LogP contribution in [0.4, 0.5) is 0 Å². The number of rotatable bonds is 50. The molecule has 6 nitrogen and oxygen atoms in total. The molecule has 0 aromatic rings. The zero-order chi connectivity index (χ0) is 51.4. The molecular formula is C65H104O6. The van der Waals surface area contributed by atoms with Gasteiger partial charge in [-0.05, 0) is 96.3 Å². The van der Waals surface area contributed by atoms with Gasteiger partial charge < -0.3 is 14.2 Å². The van der Waals surface area contributed by atoms with E-state index in [-0.39, 0.29) is 31.6 Å². The summed E-state index contributed by atoms with van der Waals surface area (Å²) in [7, 11) is 0. The molecule has 0 amide bonds. The van der Waals surface area contributed by atoms with Gasteiger partial charge in [-0.15, -0.1) is 0 Å². The molecule has 0 saturated carbocycles. The summed E-state index contributed by atoms with van der Waals surface area (Å²) in [5, 5.41) is 0. The Bertz CT molecular complexity index is 1550. The maximum atomic E-state index is 12.7. The molecule has 0 heterocycles. The lowest BCUT2D eigenvalue weighted by atomic mass is 10.1. The molecule has 0 aliphatic heterocycles. The average Bonchev–Trinajstić information content (AvgIpc) is 3.37. The molecule has 400 valence electrons. The highest BCUT2D eigenvalue weighted by Crippen LogP contribution is 2.14. The molecule has 0 aromatic heterocycles. The van der Waals surface area contributed by atoms with Crippen LogP contribution in [0.15, 0.2) is 134 Å². The molecule has 0 aliphatic carbocycles. The van der Waals surface area contributed by atoms with E-state index in [1.165, 1.54) is 83.5 Å². The number of allylic oxidation sites excluding steroid dienone is 21. The van der Waals surface area contributed by atoms with E-state index in [0.29, 0.717) is 12.8 Å². The molecule has 0 rings (SSSR count). The maximum Gasteiger partial charge on any atom is 0.310 e. The fourth-order valence-electron chi connectivity index (χ4n) is 7.46. The van der Waals surface area contributed by atoms with Crippen molar-refractivity contribution in [3.05, 3.63) is 134 Å². The Morgan fingerprint density at radius 2 is 0.592 bits per heavy atom. The minimum Gasteiger partial charge on any atom is -0.462 e. The quantitative estimate of drug-likeness (QED) is 0.0262. The topological polar surface area (TPSA) is 78.9 Å². The predicted molar refractivity (Wildman–Crippen MR) is 306 cm³/mol. The third-order valence-electron chi connectivity index (χ3n) is 11.7. The summed E-state index contributed by atoms with van der Waals surface area (Å²) in [6.07, 6.45) is 82.0. The highest BCUT2D eigenvalue weighted by molar-refractivity contribution is 5.72. The summed E-state index contributed by atoms with van der Waals surface area (Å²) in [6, 6.07) is 0. The number of carbonyl (C=O) groups is 3. The maximum absolute atomic E-state index is 12.7. The first kappa shape index (κ1) is 66.6. The van der Waals surface area contributed by atoms with Crippen LogP contribution in [0.5, 0.6) is 0 Å². The van der Waals surface area contributed by atoms with E-state index in [0.717, 1.165) is 116 Å². The molecular weight excluding hydrogens is 877 g/mol. The number of ether oxygens (including phenoxy) is 3. The highest BCUT2D eigenvalue weighted by atomic mass is 16.6. The van der Waals surface area contributed by atoms with Crippen molar-refractivity contribution in [2.75, 3.05) is 13.2 Å². The van der Waals surface area contributed by atoms with Gasteiger partial charge in [0.25, 0.3) is 0 Å². The van der Waals surface area contributed by atoms with Crippen molar-refractivity contribution in [1.29, 1.82) is 0 Å². The number of esters is 3. The molecule has 0 spiro atoms. The van der Waals surface area contributed by atoms with E-state index in [1.54, 1.807) is 6.08 Å². The minimum atomic E-state index is -0.835. The van der Waals surface area contributed by atoms with Gasteiger partial charge in [-0.1, -0.05) is 257 Å². The molecule has 0 bridgehead atoms. The van der Waals surface area contributed by atoms with Crippen molar-refractivity contribution in [3.63, 3.8) is 0 Å². The van der Waals surface area contributed by atoms with E-state index in [1.807, 2.05) is 6.08 Å². The van der Waals surface area contributed by atoms with Crippen molar-refractivity contribution < 1.29 is 28.6 Å². The van der Waals surface area contributed by atoms with E-state index in [4.69, 9.17) is 14.2 Å². The Labute approximate surface area is 436 Å². The van der Waals surface area contributed by atoms with Gasteiger partial charge >= 0.3 is 17.9 Å². The molecule has 0 aliphatic rings. The lowest BCUT2D eigenvalue weighted by Crippen LogP contribution is -2.30. The lowest BCUT2D eigenvalue weighted by Gasteiger charge is -2.18. The average molecular weight is 982 g/mol. The smallest absolute Gasteiger partial charge is 0.310 e. The summed E-state index contributed by atoms with van der Waals surface area (Å²) >= 11 is 0. The summed E-state index contributed by atoms with van der Waals surface area (Å²) < 4.78 is 16.7. The highest BCUT2D eigenvalue weighted by Gasteiger charge is 2.19. The summed E-state index contributed by atoms with van der Waals surface area (Å²) in [6.45, 7) is 6.29. The second-order valence-electron chi connectivity index (χ2n) is 18.5. The van der Waals surface area contributed by atoms with E-state index in [9.17, 15) is 14.4 Å². The zero-order valence-electron chi connectivity index (χ0n) is 45.7. The number of carbonyl (C=O) groups excluding carboxylic acids is 3. The molecule has 0 aromatic carbocycles. The second-order valence-corrected chi connectivity index (χ2v) is 18.5. The molecule has 0 saturated heterocycles. The molecule has 1 atom stereocenters. The van der Waals surface area contributed by atoms with E-state index >= 15 is 0 Å². The Kier molecular flexibility index (Phi) is 54.5. The summed E-state index contributed by atoms with van der Waals surface area (Å²) in [4.78, 5) is 37.9. The Balaban J connectivity index is 4.29. The fraction of sp³-hybridized carbons (Fsp3) is 0.615. The number of unbranched alkanes of at least 4 members (excludes halogenated alkanes) is 18. The predicted octanol–water partition coefficient (Wildman–Crippen LogP) is 19.4. The van der Waals surface area contributed by atoms with Crippen LogP contribution in [0.3, 0.4) is 0 Å². The Morgan fingerprint density at radius 1 is 0.310 bits per heavy atom. The molecule has 0 N–H and O–H groups in total. The first-order valence-electron chi connectivity index (χ1n) is 28.7. The van der Waals surface area contributed by atoms with Crippen LogP contribution in [-0.2, 0) is 28.6 Å². The van der Waals surface area contributed by atoms with Crippen LogP contribution >= 0.6 is 0 Å². The third kappa shape index (κ3) is 56.3. The van der Waals surface area contributed by atoms with Gasteiger partial charge in [-0.2, -0.15) is 0 Å². The fourth-order valence-corrected chi connectivity index (χ4v) is 7.46. The van der Waals surface area contributed by atoms with Gasteiger partial charge in [-0.25, -0.2) is 0 Å². The Morgan fingerprint density at radius 3 is 0.930 bits per heavy atom. The monoisotopic (exact) mass is 981 g/mol. The van der Waals surface area contributed by atoms with Crippen molar-refractivity contribution in [2.24, 2.45) is 0 Å². The normalized spacial score (nSPS) is 13.1. The Hall–Kier alpha value is -4.45. The molecule has 0 fully saturated rings. The standard InChI is InChI=1S/C65H104O6/c1-4-7-10-13-16-19-21-23-25-26-27-28-29-30-31-32-33-34-35-36-37-38-40-41-43-46-49-52-55-58-64(67)70-61-62(60-69-63(66)57-54-51-48-45-18-15-12-9-6-3)71-65(68)59-56-53-50-47-44-42-39-24-22-20-17-14-11-8-5-2/h7-8,10-11,16-17,19-20,23-25,27-28,30-31,33-34,39,44,47,53,56,62H,4-6,9,12-15,18,21-22,26,29,32,35-38,40-43,45-46,48-52,54-55,57-61H2,1-3H3/b10-7-,11-8-,19-16-,20-17-,25-23-,28-27-,31-30-,34-33-,39-24-,47-44-,56-53-. The van der Waals surface area contributed by atoms with Crippen molar-refractivity contribution in [1.82, 2.24) is 0 Å². The number of hydrogen-bond donors (Lipinski definition) is 0. The van der Waals surface area contributed by atoms with Gasteiger partial charge in [0, 0.05) is 12.8 Å². The summed E-state index contributed by atoms with van der Waals surface area (Å²) in [5.74, 6) is -1.06. The lowest BCUT2D eigenvalue weighted by molar-refractivity contribution is -0.166. The van der Waals surface area contributed by atoms with E-state index < -0.39 is 12.1 Å². The van der Waals surface area contributed by atoms with Gasteiger partial charge in [0.05, 0.1) is 6.42 Å². The second kappa shape index (κ2) is 58.1. The largest absolute Gasteiger partial charge is 0.462 e. The molecule has 6 heteroatoms. The zero-order valence-corrected chi connectivity index (χ0v) is 45.7. The van der Waals surface area contributed by atoms with Crippen LogP contribution in [0.2, 0.25) is 0 Å². The summed E-state index contributed by atoms with van der Waals surface area (Å²) in [5.41, 5.74) is 0. The van der Waals surface area contributed by atoms with Crippen LogP contribution in [0, 0.1) is 0 Å². The van der Waals surface area contributed by atoms with Gasteiger partial charge in [0.1, 0.15) is 13.2 Å².